The zero-order valence-corrected chi connectivity index (χ0v) is 13.4. The Morgan fingerprint density at radius 1 is 1.08 bits per heavy atom. The van der Waals surface area contributed by atoms with Crippen LogP contribution in [0.2, 0.25) is 0 Å². The summed E-state index contributed by atoms with van der Waals surface area (Å²) in [6.45, 7) is 3.75. The third-order valence-electron chi connectivity index (χ3n) is 4.27. The number of hydrogen-bond acceptors (Lipinski definition) is 4. The van der Waals surface area contributed by atoms with Crippen LogP contribution in [0.4, 0.5) is 15.8 Å². The van der Waals surface area contributed by atoms with Crippen LogP contribution in [-0.4, -0.2) is 22.9 Å². The zero-order chi connectivity index (χ0) is 16.9. The van der Waals surface area contributed by atoms with Gasteiger partial charge in [0.25, 0.3) is 5.69 Å². The topological polar surface area (TPSA) is 58.4 Å². The molecule has 1 fully saturated rings. The number of nitrogens with one attached hydrogen (secondary N) is 1. The molecule has 1 N–H and O–H groups in total. The van der Waals surface area contributed by atoms with Crippen LogP contribution in [0.5, 0.6) is 0 Å². The first-order valence-electron chi connectivity index (χ1n) is 8.10. The Morgan fingerprint density at radius 3 is 2.42 bits per heavy atom. The third-order valence-corrected chi connectivity index (χ3v) is 4.27. The molecule has 0 unspecified atom stereocenters. The van der Waals surface area contributed by atoms with Gasteiger partial charge in [-0.15, -0.1) is 0 Å². The van der Waals surface area contributed by atoms with Crippen molar-refractivity contribution in [2.75, 3.05) is 18.4 Å². The highest BCUT2D eigenvalue weighted by Crippen LogP contribution is 2.25. The molecule has 3 rings (SSSR count). The molecule has 0 atom stereocenters. The van der Waals surface area contributed by atoms with Crippen molar-refractivity contribution in [3.63, 3.8) is 0 Å². The Kier molecular flexibility index (Phi) is 5.05. The molecule has 0 radical (unpaired) electrons. The number of nitrogens with zero attached hydrogens (tertiary/aromatic N) is 2. The van der Waals surface area contributed by atoms with Gasteiger partial charge in [0.2, 0.25) is 0 Å². The van der Waals surface area contributed by atoms with E-state index in [0.717, 1.165) is 31.3 Å². The molecule has 1 aliphatic rings. The van der Waals surface area contributed by atoms with Gasteiger partial charge in [-0.2, -0.15) is 0 Å². The first kappa shape index (κ1) is 16.4. The SMILES string of the molecule is O=[N+]([O-])c1cc(F)ccc1NCc1ccc(CN2CCCC2)cc1. The van der Waals surface area contributed by atoms with E-state index >= 15 is 0 Å². The highest BCUT2D eigenvalue weighted by Gasteiger charge is 2.15. The van der Waals surface area contributed by atoms with E-state index in [9.17, 15) is 14.5 Å². The number of nitro groups is 1. The Bertz CT molecular complexity index is 713. The van der Waals surface area contributed by atoms with E-state index in [1.165, 1.54) is 30.5 Å². The maximum absolute atomic E-state index is 13.1. The van der Waals surface area contributed by atoms with Gasteiger partial charge in [0, 0.05) is 13.1 Å². The molecule has 0 bridgehead atoms. The van der Waals surface area contributed by atoms with Crippen molar-refractivity contribution in [1.82, 2.24) is 4.90 Å². The van der Waals surface area contributed by atoms with Crippen LogP contribution in [0.1, 0.15) is 24.0 Å². The summed E-state index contributed by atoms with van der Waals surface area (Å²) >= 11 is 0. The van der Waals surface area contributed by atoms with Gasteiger partial charge in [-0.3, -0.25) is 15.0 Å². The summed E-state index contributed by atoms with van der Waals surface area (Å²) in [5.41, 5.74) is 2.37. The van der Waals surface area contributed by atoms with Gasteiger partial charge in [-0.1, -0.05) is 24.3 Å². The maximum Gasteiger partial charge on any atom is 0.295 e. The maximum atomic E-state index is 13.1. The summed E-state index contributed by atoms with van der Waals surface area (Å²) in [6, 6.07) is 11.8. The van der Waals surface area contributed by atoms with Gasteiger partial charge in [0.05, 0.1) is 11.0 Å². The molecule has 6 heteroatoms. The number of likely N-dealkylation sites (tertiary alicyclic amines) is 1. The predicted molar refractivity (Wildman–Crippen MR) is 91.3 cm³/mol. The summed E-state index contributed by atoms with van der Waals surface area (Å²) in [5, 5.41) is 14.0. The van der Waals surface area contributed by atoms with Crippen LogP contribution in [0.15, 0.2) is 42.5 Å². The van der Waals surface area contributed by atoms with Crippen molar-refractivity contribution in [1.29, 1.82) is 0 Å². The molecule has 2 aromatic rings. The number of anilines is 1. The lowest BCUT2D eigenvalue weighted by Crippen LogP contribution is -2.18. The Hall–Kier alpha value is -2.47. The van der Waals surface area contributed by atoms with Crippen molar-refractivity contribution in [3.05, 3.63) is 69.5 Å². The number of benzene rings is 2. The van der Waals surface area contributed by atoms with Crippen LogP contribution < -0.4 is 5.32 Å². The summed E-state index contributed by atoms with van der Waals surface area (Å²) in [4.78, 5) is 12.8. The zero-order valence-electron chi connectivity index (χ0n) is 13.4. The fraction of sp³-hybridized carbons (Fsp3) is 0.333. The second-order valence-electron chi connectivity index (χ2n) is 6.07. The number of hydrogen-bond donors (Lipinski definition) is 1. The second-order valence-corrected chi connectivity index (χ2v) is 6.07. The van der Waals surface area contributed by atoms with Gasteiger partial charge >= 0.3 is 0 Å². The minimum absolute atomic E-state index is 0.249. The van der Waals surface area contributed by atoms with Crippen molar-refractivity contribution in [3.8, 4) is 0 Å². The standard InChI is InChI=1S/C18H20FN3O2/c19-16-7-8-17(18(11-16)22(23)24)20-12-14-3-5-15(6-4-14)13-21-9-1-2-10-21/h3-8,11,20H,1-2,9-10,12-13H2. The summed E-state index contributed by atoms with van der Waals surface area (Å²) in [5.74, 6) is -0.612. The molecule has 2 aromatic carbocycles. The number of nitro benzene ring substituents is 1. The van der Waals surface area contributed by atoms with E-state index in [4.69, 9.17) is 0 Å². The third kappa shape index (κ3) is 4.08. The lowest BCUT2D eigenvalue weighted by atomic mass is 10.1. The molecular formula is C18H20FN3O2. The molecular weight excluding hydrogens is 309 g/mol. The van der Waals surface area contributed by atoms with Crippen LogP contribution in [0.3, 0.4) is 0 Å². The second kappa shape index (κ2) is 7.40. The van der Waals surface area contributed by atoms with E-state index < -0.39 is 10.7 Å². The molecule has 0 spiro atoms. The average Bonchev–Trinajstić information content (AvgIpc) is 3.08. The smallest absolute Gasteiger partial charge is 0.295 e. The number of rotatable bonds is 6. The van der Waals surface area contributed by atoms with E-state index in [-0.39, 0.29) is 5.69 Å². The average molecular weight is 329 g/mol. The molecule has 0 aliphatic carbocycles. The highest BCUT2D eigenvalue weighted by atomic mass is 19.1. The molecule has 1 heterocycles. The van der Waals surface area contributed by atoms with E-state index in [1.54, 1.807) is 0 Å². The Balaban J connectivity index is 1.61. The normalized spacial score (nSPS) is 14.7. The van der Waals surface area contributed by atoms with Gasteiger partial charge in [0.1, 0.15) is 11.5 Å². The minimum Gasteiger partial charge on any atom is -0.375 e. The first-order valence-corrected chi connectivity index (χ1v) is 8.10. The quantitative estimate of drug-likeness (QED) is 0.644. The molecule has 126 valence electrons. The van der Waals surface area contributed by atoms with Crippen LogP contribution in [0, 0.1) is 15.9 Å². The van der Waals surface area contributed by atoms with Crippen LogP contribution in [0.25, 0.3) is 0 Å². The van der Waals surface area contributed by atoms with Crippen molar-refractivity contribution >= 4 is 11.4 Å². The number of halogens is 1. The largest absolute Gasteiger partial charge is 0.375 e. The Morgan fingerprint density at radius 2 is 1.75 bits per heavy atom. The molecule has 1 saturated heterocycles. The lowest BCUT2D eigenvalue weighted by Gasteiger charge is -2.15. The summed E-state index contributed by atoms with van der Waals surface area (Å²) in [7, 11) is 0. The molecule has 1 aliphatic heterocycles. The van der Waals surface area contributed by atoms with Crippen molar-refractivity contribution < 1.29 is 9.31 Å². The van der Waals surface area contributed by atoms with Gasteiger partial charge in [-0.05, 0) is 49.2 Å². The molecule has 0 amide bonds. The first-order chi connectivity index (χ1) is 11.6. The van der Waals surface area contributed by atoms with Crippen molar-refractivity contribution in [2.45, 2.75) is 25.9 Å². The summed E-state index contributed by atoms with van der Waals surface area (Å²) < 4.78 is 13.1. The fourth-order valence-corrected chi connectivity index (χ4v) is 2.96. The minimum atomic E-state index is -0.612. The monoisotopic (exact) mass is 329 g/mol. The van der Waals surface area contributed by atoms with Crippen LogP contribution >= 0.6 is 0 Å². The van der Waals surface area contributed by atoms with Gasteiger partial charge in [-0.25, -0.2) is 4.39 Å². The van der Waals surface area contributed by atoms with Crippen LogP contribution in [-0.2, 0) is 13.1 Å². The summed E-state index contributed by atoms with van der Waals surface area (Å²) in [6.07, 6.45) is 2.55. The van der Waals surface area contributed by atoms with E-state index in [0.29, 0.717) is 12.2 Å². The molecule has 0 saturated carbocycles. The highest BCUT2D eigenvalue weighted by molar-refractivity contribution is 5.61. The fourth-order valence-electron chi connectivity index (χ4n) is 2.96. The predicted octanol–water partition coefficient (Wildman–Crippen LogP) is 3.94. The molecule has 0 aromatic heterocycles. The van der Waals surface area contributed by atoms with Gasteiger partial charge in [0.15, 0.2) is 0 Å². The van der Waals surface area contributed by atoms with E-state index in [1.807, 2.05) is 12.1 Å². The Labute approximate surface area is 140 Å². The lowest BCUT2D eigenvalue weighted by molar-refractivity contribution is -0.384. The van der Waals surface area contributed by atoms with Crippen molar-refractivity contribution in [2.24, 2.45) is 0 Å². The molecule has 5 nitrogen and oxygen atoms in total. The molecule has 24 heavy (non-hydrogen) atoms. The van der Waals surface area contributed by atoms with E-state index in [2.05, 4.69) is 22.3 Å². The van der Waals surface area contributed by atoms with Gasteiger partial charge < -0.3 is 5.32 Å².